The third-order valence-electron chi connectivity index (χ3n) is 4.16. The van der Waals surface area contributed by atoms with Crippen LogP contribution in [-0.4, -0.2) is 40.8 Å². The Bertz CT molecular complexity index is 401. The number of ether oxygens (including phenoxy) is 1. The molecule has 3 rings (SSSR count). The Kier molecular flexibility index (Phi) is 4.13. The summed E-state index contributed by atoms with van der Waals surface area (Å²) < 4.78 is 11.1. The number of aryl methyl sites for hydroxylation is 1. The molecule has 5 nitrogen and oxygen atoms in total. The summed E-state index contributed by atoms with van der Waals surface area (Å²) in [4.78, 5) is 6.97. The van der Waals surface area contributed by atoms with E-state index in [9.17, 15) is 0 Å². The molecule has 0 aliphatic carbocycles. The van der Waals surface area contributed by atoms with Crippen molar-refractivity contribution >= 4 is 0 Å². The molecule has 2 atom stereocenters. The van der Waals surface area contributed by atoms with Gasteiger partial charge in [-0.2, -0.15) is 4.98 Å². The molecule has 0 bridgehead atoms. The van der Waals surface area contributed by atoms with Gasteiger partial charge in [-0.15, -0.1) is 0 Å². The van der Waals surface area contributed by atoms with E-state index in [4.69, 9.17) is 9.26 Å². The monoisotopic (exact) mass is 265 g/mol. The number of rotatable bonds is 4. The second-order valence-corrected chi connectivity index (χ2v) is 5.54. The van der Waals surface area contributed by atoms with Crippen LogP contribution in [0.25, 0.3) is 0 Å². The second kappa shape index (κ2) is 6.01. The molecule has 5 heteroatoms. The Labute approximate surface area is 114 Å². The van der Waals surface area contributed by atoms with Crippen LogP contribution in [0.5, 0.6) is 0 Å². The molecule has 0 unspecified atom stereocenters. The van der Waals surface area contributed by atoms with Crippen molar-refractivity contribution in [2.75, 3.05) is 19.7 Å². The summed E-state index contributed by atoms with van der Waals surface area (Å²) in [5, 5.41) is 4.14. The van der Waals surface area contributed by atoms with E-state index in [0.717, 1.165) is 44.3 Å². The van der Waals surface area contributed by atoms with Crippen LogP contribution in [0.1, 0.15) is 56.8 Å². The Hall–Kier alpha value is -0.940. The van der Waals surface area contributed by atoms with Gasteiger partial charge in [0.05, 0.1) is 12.1 Å². The molecule has 3 heterocycles. The van der Waals surface area contributed by atoms with Gasteiger partial charge in [0, 0.05) is 19.6 Å². The summed E-state index contributed by atoms with van der Waals surface area (Å²) >= 11 is 0. The summed E-state index contributed by atoms with van der Waals surface area (Å²) in [6.07, 6.45) is 7.26. The van der Waals surface area contributed by atoms with Gasteiger partial charge in [0.15, 0.2) is 5.82 Å². The molecule has 0 aromatic carbocycles. The first-order chi connectivity index (χ1) is 9.36. The van der Waals surface area contributed by atoms with Crippen LogP contribution in [-0.2, 0) is 11.2 Å². The van der Waals surface area contributed by atoms with Crippen molar-refractivity contribution in [1.82, 2.24) is 15.0 Å². The normalized spacial score (nSPS) is 28.9. The molecule has 2 saturated heterocycles. The van der Waals surface area contributed by atoms with Crippen LogP contribution in [0.2, 0.25) is 0 Å². The molecule has 2 fully saturated rings. The standard InChI is InChI=1S/C14H23N3O2/c1-2-13-15-14(16-19-13)12-7-5-8-17(12)10-11-6-3-4-9-18-11/h11-12H,2-10H2,1H3/t11-,12+/m0/s1. The molecule has 19 heavy (non-hydrogen) atoms. The third kappa shape index (κ3) is 2.98. The molecular formula is C14H23N3O2. The molecule has 0 N–H and O–H groups in total. The number of nitrogens with zero attached hydrogens (tertiary/aromatic N) is 3. The van der Waals surface area contributed by atoms with Gasteiger partial charge in [0.1, 0.15) is 0 Å². The lowest BCUT2D eigenvalue weighted by molar-refractivity contribution is -0.00870. The average Bonchev–Trinajstić information content (AvgIpc) is 3.08. The van der Waals surface area contributed by atoms with Crippen LogP contribution < -0.4 is 0 Å². The molecule has 0 amide bonds. The highest BCUT2D eigenvalue weighted by Crippen LogP contribution is 2.31. The van der Waals surface area contributed by atoms with E-state index >= 15 is 0 Å². The topological polar surface area (TPSA) is 51.4 Å². The van der Waals surface area contributed by atoms with E-state index in [2.05, 4.69) is 15.0 Å². The average molecular weight is 265 g/mol. The van der Waals surface area contributed by atoms with Gasteiger partial charge in [-0.1, -0.05) is 12.1 Å². The zero-order valence-corrected chi connectivity index (χ0v) is 11.7. The molecule has 1 aromatic rings. The minimum Gasteiger partial charge on any atom is -0.377 e. The lowest BCUT2D eigenvalue weighted by Crippen LogP contribution is -2.35. The van der Waals surface area contributed by atoms with Gasteiger partial charge >= 0.3 is 0 Å². The van der Waals surface area contributed by atoms with E-state index in [1.54, 1.807) is 0 Å². The van der Waals surface area contributed by atoms with Crippen molar-refractivity contribution in [3.8, 4) is 0 Å². The minimum absolute atomic E-state index is 0.328. The fraction of sp³-hybridized carbons (Fsp3) is 0.857. The van der Waals surface area contributed by atoms with E-state index < -0.39 is 0 Å². The summed E-state index contributed by atoms with van der Waals surface area (Å²) in [6, 6.07) is 0.328. The zero-order valence-electron chi connectivity index (χ0n) is 11.7. The highest BCUT2D eigenvalue weighted by molar-refractivity contribution is 4.98. The SMILES string of the molecule is CCc1nc([C@H]2CCCN2C[C@@H]2CCCCO2)no1. The fourth-order valence-electron chi connectivity index (χ4n) is 3.10. The summed E-state index contributed by atoms with van der Waals surface area (Å²) in [7, 11) is 0. The fourth-order valence-corrected chi connectivity index (χ4v) is 3.10. The molecule has 0 saturated carbocycles. The predicted molar refractivity (Wildman–Crippen MR) is 70.8 cm³/mol. The summed E-state index contributed by atoms with van der Waals surface area (Å²) in [5.41, 5.74) is 0. The molecule has 0 radical (unpaired) electrons. The Balaban J connectivity index is 1.63. The molecule has 0 spiro atoms. The van der Waals surface area contributed by atoms with Crippen LogP contribution in [0.4, 0.5) is 0 Å². The lowest BCUT2D eigenvalue weighted by Gasteiger charge is -2.29. The van der Waals surface area contributed by atoms with E-state index in [1.165, 1.54) is 25.7 Å². The number of aromatic nitrogens is 2. The third-order valence-corrected chi connectivity index (χ3v) is 4.16. The van der Waals surface area contributed by atoms with E-state index in [1.807, 2.05) is 6.92 Å². The first-order valence-electron chi connectivity index (χ1n) is 7.55. The van der Waals surface area contributed by atoms with Crippen LogP contribution in [0.15, 0.2) is 4.52 Å². The quantitative estimate of drug-likeness (QED) is 0.836. The smallest absolute Gasteiger partial charge is 0.226 e. The summed E-state index contributed by atoms with van der Waals surface area (Å²) in [5.74, 6) is 1.61. The maximum Gasteiger partial charge on any atom is 0.226 e. The highest BCUT2D eigenvalue weighted by Gasteiger charge is 2.32. The van der Waals surface area contributed by atoms with Crippen molar-refractivity contribution in [3.05, 3.63) is 11.7 Å². The zero-order chi connectivity index (χ0) is 13.1. The van der Waals surface area contributed by atoms with Crippen LogP contribution >= 0.6 is 0 Å². The Morgan fingerprint density at radius 3 is 2.95 bits per heavy atom. The van der Waals surface area contributed by atoms with Crippen LogP contribution in [0, 0.1) is 0 Å². The van der Waals surface area contributed by atoms with Crippen LogP contribution in [0.3, 0.4) is 0 Å². The predicted octanol–water partition coefficient (Wildman–Crippen LogP) is 2.34. The van der Waals surface area contributed by atoms with Crippen molar-refractivity contribution in [2.24, 2.45) is 0 Å². The lowest BCUT2D eigenvalue weighted by atomic mass is 10.1. The molecule has 106 valence electrons. The van der Waals surface area contributed by atoms with Gasteiger partial charge in [0.2, 0.25) is 5.89 Å². The van der Waals surface area contributed by atoms with Crippen molar-refractivity contribution in [3.63, 3.8) is 0 Å². The molecule has 2 aliphatic rings. The maximum atomic E-state index is 5.84. The highest BCUT2D eigenvalue weighted by atomic mass is 16.5. The van der Waals surface area contributed by atoms with Crippen molar-refractivity contribution in [2.45, 2.75) is 57.6 Å². The first-order valence-corrected chi connectivity index (χ1v) is 7.55. The van der Waals surface area contributed by atoms with Crippen molar-refractivity contribution < 1.29 is 9.26 Å². The first kappa shape index (κ1) is 13.1. The Morgan fingerprint density at radius 2 is 2.21 bits per heavy atom. The summed E-state index contributed by atoms with van der Waals surface area (Å²) in [6.45, 7) is 5.10. The van der Waals surface area contributed by atoms with E-state index in [-0.39, 0.29) is 0 Å². The van der Waals surface area contributed by atoms with Gasteiger partial charge in [0.25, 0.3) is 0 Å². The number of hydrogen-bond acceptors (Lipinski definition) is 5. The molecule has 1 aromatic heterocycles. The van der Waals surface area contributed by atoms with Crippen molar-refractivity contribution in [1.29, 1.82) is 0 Å². The second-order valence-electron chi connectivity index (χ2n) is 5.54. The van der Waals surface area contributed by atoms with Gasteiger partial charge in [-0.25, -0.2) is 0 Å². The minimum atomic E-state index is 0.328. The van der Waals surface area contributed by atoms with Gasteiger partial charge < -0.3 is 9.26 Å². The molecule has 2 aliphatic heterocycles. The maximum absolute atomic E-state index is 5.84. The van der Waals surface area contributed by atoms with Gasteiger partial charge in [-0.05, 0) is 38.6 Å². The van der Waals surface area contributed by atoms with E-state index in [0.29, 0.717) is 12.1 Å². The molecular weight excluding hydrogens is 242 g/mol. The van der Waals surface area contributed by atoms with Gasteiger partial charge in [-0.3, -0.25) is 4.90 Å². The largest absolute Gasteiger partial charge is 0.377 e. The Morgan fingerprint density at radius 1 is 1.26 bits per heavy atom. The number of hydrogen-bond donors (Lipinski definition) is 0. The number of likely N-dealkylation sites (tertiary alicyclic amines) is 1.